The molecule has 0 unspecified atom stereocenters. The Kier molecular flexibility index (Phi) is 8.41. The summed E-state index contributed by atoms with van der Waals surface area (Å²) in [6.45, 7) is 3.80. The highest BCUT2D eigenvalue weighted by atomic mass is 16.1. The molecule has 3 aromatic carbocycles. The Hall–Kier alpha value is -3.19. The van der Waals surface area contributed by atoms with E-state index in [1.54, 1.807) is 6.08 Å². The number of carbonyl (C=O) groups excluding carboxylic acids is 1. The molecule has 0 saturated carbocycles. The zero-order valence-electron chi connectivity index (χ0n) is 17.6. The standard InChI is InChI=1S/C29H30O/c1-2-24-14-16-25(17-15-24)10-6-3-4-7-11-26-18-20-27(21-19-26)22-23-29(30)28-12-8-5-9-13-28/h2,5,8-9,12-23H,1,3-4,6-7,10-11H2. The Balaban J connectivity index is 1.34. The van der Waals surface area contributed by atoms with Crippen LogP contribution in [0.15, 0.2) is 91.5 Å². The number of benzene rings is 3. The molecule has 0 aliphatic heterocycles. The van der Waals surface area contributed by atoms with Crippen molar-refractivity contribution in [1.29, 1.82) is 0 Å². The summed E-state index contributed by atoms with van der Waals surface area (Å²) >= 11 is 0. The maximum absolute atomic E-state index is 12.1. The topological polar surface area (TPSA) is 17.1 Å². The summed E-state index contributed by atoms with van der Waals surface area (Å²) in [4.78, 5) is 12.1. The molecule has 0 amide bonds. The summed E-state index contributed by atoms with van der Waals surface area (Å²) in [5.74, 6) is 0.0383. The Morgan fingerprint density at radius 2 is 1.20 bits per heavy atom. The van der Waals surface area contributed by atoms with Crippen LogP contribution in [0.3, 0.4) is 0 Å². The molecule has 0 heterocycles. The number of ketones is 1. The number of hydrogen-bond donors (Lipinski definition) is 0. The van der Waals surface area contributed by atoms with Crippen LogP contribution in [-0.4, -0.2) is 5.78 Å². The number of unbranched alkanes of at least 4 members (excludes halogenated alkanes) is 3. The van der Waals surface area contributed by atoms with E-state index in [2.05, 4.69) is 55.1 Å². The molecule has 0 aromatic heterocycles. The fourth-order valence-corrected chi connectivity index (χ4v) is 3.50. The number of aryl methyl sites for hydroxylation is 2. The highest BCUT2D eigenvalue weighted by molar-refractivity contribution is 6.06. The SMILES string of the molecule is C=Cc1ccc(CCCCCCc2ccc(C=CC(=O)c3ccccc3)cc2)cc1. The highest BCUT2D eigenvalue weighted by Gasteiger charge is 2.00. The fraction of sp³-hybridized carbons (Fsp3) is 0.207. The molecular weight excluding hydrogens is 364 g/mol. The lowest BCUT2D eigenvalue weighted by atomic mass is 10.0. The molecule has 0 bridgehead atoms. The molecule has 1 nitrogen and oxygen atoms in total. The minimum Gasteiger partial charge on any atom is -0.289 e. The second-order valence-electron chi connectivity index (χ2n) is 7.67. The number of carbonyl (C=O) groups is 1. The van der Waals surface area contributed by atoms with Gasteiger partial charge in [-0.2, -0.15) is 0 Å². The first-order valence-electron chi connectivity index (χ1n) is 10.8. The first-order chi connectivity index (χ1) is 14.7. The van der Waals surface area contributed by atoms with E-state index in [9.17, 15) is 4.79 Å². The third-order valence-corrected chi connectivity index (χ3v) is 5.36. The Bertz CT molecular complexity index is 948. The third-order valence-electron chi connectivity index (χ3n) is 5.36. The van der Waals surface area contributed by atoms with Gasteiger partial charge in [0.2, 0.25) is 0 Å². The van der Waals surface area contributed by atoms with Crippen LogP contribution in [0.1, 0.15) is 58.3 Å². The van der Waals surface area contributed by atoms with E-state index in [4.69, 9.17) is 0 Å². The van der Waals surface area contributed by atoms with E-state index in [0.29, 0.717) is 0 Å². The van der Waals surface area contributed by atoms with Crippen LogP contribution in [0.25, 0.3) is 12.2 Å². The molecule has 3 rings (SSSR count). The molecule has 0 aliphatic carbocycles. The van der Waals surface area contributed by atoms with Crippen LogP contribution in [0.4, 0.5) is 0 Å². The van der Waals surface area contributed by atoms with Crippen molar-refractivity contribution in [2.45, 2.75) is 38.5 Å². The van der Waals surface area contributed by atoms with Crippen molar-refractivity contribution in [3.05, 3.63) is 119 Å². The normalized spacial score (nSPS) is 10.9. The summed E-state index contributed by atoms with van der Waals surface area (Å²) in [5, 5.41) is 0. The predicted molar refractivity (Wildman–Crippen MR) is 129 cm³/mol. The molecule has 0 fully saturated rings. The van der Waals surface area contributed by atoms with Crippen LogP contribution in [0.2, 0.25) is 0 Å². The van der Waals surface area contributed by atoms with Gasteiger partial charge in [0.05, 0.1) is 0 Å². The zero-order chi connectivity index (χ0) is 21.0. The Labute approximate surface area is 180 Å². The van der Waals surface area contributed by atoms with Crippen molar-refractivity contribution in [2.75, 3.05) is 0 Å². The predicted octanol–water partition coefficient (Wildman–Crippen LogP) is 7.57. The van der Waals surface area contributed by atoms with Crippen molar-refractivity contribution >= 4 is 17.9 Å². The third kappa shape index (κ3) is 7.00. The van der Waals surface area contributed by atoms with Gasteiger partial charge in [0.1, 0.15) is 0 Å². The van der Waals surface area contributed by atoms with Crippen LogP contribution in [-0.2, 0) is 12.8 Å². The van der Waals surface area contributed by atoms with Gasteiger partial charge in [-0.1, -0.05) is 110 Å². The average Bonchev–Trinajstić information content (AvgIpc) is 2.81. The van der Waals surface area contributed by atoms with E-state index in [1.165, 1.54) is 42.4 Å². The van der Waals surface area contributed by atoms with Gasteiger partial charge in [0.15, 0.2) is 5.78 Å². The zero-order valence-corrected chi connectivity index (χ0v) is 17.6. The molecular formula is C29H30O. The van der Waals surface area contributed by atoms with Crippen LogP contribution < -0.4 is 0 Å². The van der Waals surface area contributed by atoms with Gasteiger partial charge < -0.3 is 0 Å². The quantitative estimate of drug-likeness (QED) is 0.186. The van der Waals surface area contributed by atoms with E-state index >= 15 is 0 Å². The highest BCUT2D eigenvalue weighted by Crippen LogP contribution is 2.14. The molecule has 3 aromatic rings. The first-order valence-corrected chi connectivity index (χ1v) is 10.8. The molecule has 0 saturated heterocycles. The van der Waals surface area contributed by atoms with Gasteiger partial charge in [-0.05, 0) is 54.0 Å². The van der Waals surface area contributed by atoms with Crippen molar-refractivity contribution in [1.82, 2.24) is 0 Å². The molecule has 30 heavy (non-hydrogen) atoms. The van der Waals surface area contributed by atoms with Crippen molar-refractivity contribution in [3.63, 3.8) is 0 Å². The maximum atomic E-state index is 12.1. The molecule has 1 heteroatoms. The summed E-state index contributed by atoms with van der Waals surface area (Å²) in [6.07, 6.45) is 12.7. The van der Waals surface area contributed by atoms with Gasteiger partial charge in [0.25, 0.3) is 0 Å². The molecule has 152 valence electrons. The van der Waals surface area contributed by atoms with Gasteiger partial charge in [0, 0.05) is 5.56 Å². The lowest BCUT2D eigenvalue weighted by Crippen LogP contribution is -1.92. The fourth-order valence-electron chi connectivity index (χ4n) is 3.50. The number of hydrogen-bond acceptors (Lipinski definition) is 1. The molecule has 0 aliphatic rings. The van der Waals surface area contributed by atoms with Gasteiger partial charge in [-0.3, -0.25) is 4.79 Å². The summed E-state index contributed by atoms with van der Waals surface area (Å²) < 4.78 is 0. The number of allylic oxidation sites excluding steroid dienone is 1. The lowest BCUT2D eigenvalue weighted by molar-refractivity contribution is 0.104. The van der Waals surface area contributed by atoms with E-state index in [0.717, 1.165) is 24.0 Å². The van der Waals surface area contributed by atoms with Crippen LogP contribution in [0.5, 0.6) is 0 Å². The van der Waals surface area contributed by atoms with E-state index < -0.39 is 0 Å². The maximum Gasteiger partial charge on any atom is 0.185 e. The minimum atomic E-state index is 0.0383. The van der Waals surface area contributed by atoms with Crippen molar-refractivity contribution < 1.29 is 4.79 Å². The first kappa shape index (κ1) is 21.5. The van der Waals surface area contributed by atoms with Gasteiger partial charge >= 0.3 is 0 Å². The van der Waals surface area contributed by atoms with Crippen molar-refractivity contribution in [3.8, 4) is 0 Å². The van der Waals surface area contributed by atoms with Crippen LogP contribution >= 0.6 is 0 Å². The van der Waals surface area contributed by atoms with Gasteiger partial charge in [-0.15, -0.1) is 0 Å². The summed E-state index contributed by atoms with van der Waals surface area (Å²) in [7, 11) is 0. The van der Waals surface area contributed by atoms with Gasteiger partial charge in [-0.25, -0.2) is 0 Å². The second kappa shape index (κ2) is 11.7. The minimum absolute atomic E-state index is 0.0383. The summed E-state index contributed by atoms with van der Waals surface area (Å²) in [5.41, 5.74) is 5.74. The smallest absolute Gasteiger partial charge is 0.185 e. The van der Waals surface area contributed by atoms with Crippen molar-refractivity contribution in [2.24, 2.45) is 0 Å². The number of rotatable bonds is 11. The molecule has 0 atom stereocenters. The summed E-state index contributed by atoms with van der Waals surface area (Å²) in [6, 6.07) is 26.6. The largest absolute Gasteiger partial charge is 0.289 e. The Morgan fingerprint density at radius 1 is 0.667 bits per heavy atom. The van der Waals surface area contributed by atoms with E-state index in [1.807, 2.05) is 42.5 Å². The monoisotopic (exact) mass is 394 g/mol. The average molecular weight is 395 g/mol. The second-order valence-corrected chi connectivity index (χ2v) is 7.67. The molecule has 0 spiro atoms. The molecule has 0 N–H and O–H groups in total. The van der Waals surface area contributed by atoms with E-state index in [-0.39, 0.29) is 5.78 Å². The van der Waals surface area contributed by atoms with Crippen LogP contribution in [0, 0.1) is 0 Å². The Morgan fingerprint density at radius 3 is 1.73 bits per heavy atom. The molecule has 0 radical (unpaired) electrons. The lowest BCUT2D eigenvalue weighted by Gasteiger charge is -2.04.